The van der Waals surface area contributed by atoms with E-state index in [1.807, 2.05) is 6.92 Å². The van der Waals surface area contributed by atoms with Gasteiger partial charge in [-0.15, -0.1) is 0 Å². The number of aliphatic imine (C=N–C) groups is 2. The van der Waals surface area contributed by atoms with Gasteiger partial charge in [0.1, 0.15) is 12.4 Å². The summed E-state index contributed by atoms with van der Waals surface area (Å²) in [5, 5.41) is 2.96. The Bertz CT molecular complexity index is 1170. The van der Waals surface area contributed by atoms with Gasteiger partial charge in [0.15, 0.2) is 17.4 Å². The van der Waals surface area contributed by atoms with E-state index < -0.39 is 11.6 Å². The first kappa shape index (κ1) is 22.7. The first-order valence-electron chi connectivity index (χ1n) is 9.98. The van der Waals surface area contributed by atoms with Crippen LogP contribution in [0.4, 0.5) is 10.2 Å². The fourth-order valence-corrected chi connectivity index (χ4v) is 3.39. The summed E-state index contributed by atoms with van der Waals surface area (Å²) in [4.78, 5) is 26.4. The monoisotopic (exact) mass is 436 g/mol. The van der Waals surface area contributed by atoms with Crippen molar-refractivity contribution in [2.24, 2.45) is 21.5 Å². The highest BCUT2D eigenvalue weighted by molar-refractivity contribution is 6.38. The van der Waals surface area contributed by atoms with Gasteiger partial charge in [-0.3, -0.25) is 14.8 Å². The van der Waals surface area contributed by atoms with E-state index in [2.05, 4.69) is 20.3 Å². The molecule has 1 aromatic heterocycles. The van der Waals surface area contributed by atoms with E-state index in [1.54, 1.807) is 19.3 Å². The largest absolute Gasteiger partial charge is 0.485 e. The summed E-state index contributed by atoms with van der Waals surface area (Å²) in [5.41, 5.74) is 14.5. The van der Waals surface area contributed by atoms with Crippen LogP contribution in [0.3, 0.4) is 0 Å². The van der Waals surface area contributed by atoms with Crippen LogP contribution in [0.5, 0.6) is 5.75 Å². The molecule has 0 spiro atoms. The maximum atomic E-state index is 14.0. The van der Waals surface area contributed by atoms with Gasteiger partial charge in [-0.25, -0.2) is 9.37 Å². The van der Waals surface area contributed by atoms with Crippen molar-refractivity contribution in [2.45, 2.75) is 13.5 Å². The van der Waals surface area contributed by atoms with Crippen molar-refractivity contribution in [3.8, 4) is 5.75 Å². The normalized spacial score (nSPS) is 19.4. The molecule has 0 saturated carbocycles. The molecule has 0 aliphatic carbocycles. The zero-order chi connectivity index (χ0) is 23.3. The molecule has 2 heterocycles. The maximum absolute atomic E-state index is 14.0. The average Bonchev–Trinajstić information content (AvgIpc) is 2.79. The highest BCUT2D eigenvalue weighted by atomic mass is 19.1. The number of rotatable bonds is 3. The minimum absolute atomic E-state index is 0.00180. The number of anilines is 1. The van der Waals surface area contributed by atoms with Gasteiger partial charge in [0.05, 0.1) is 22.6 Å². The molecule has 0 atom stereocenters. The summed E-state index contributed by atoms with van der Waals surface area (Å²) in [6.07, 6.45) is 4.12. The predicted octanol–water partition coefficient (Wildman–Crippen LogP) is 2.45. The van der Waals surface area contributed by atoms with E-state index in [0.717, 1.165) is 0 Å². The summed E-state index contributed by atoms with van der Waals surface area (Å²) in [7, 11) is 3.23. The molecule has 0 amide bonds. The minimum Gasteiger partial charge on any atom is -0.485 e. The second kappa shape index (κ2) is 9.86. The number of nitrogens with one attached hydrogen (secondary N) is 1. The molecule has 0 saturated heterocycles. The van der Waals surface area contributed by atoms with Crippen molar-refractivity contribution in [1.29, 1.82) is 0 Å². The second-order valence-corrected chi connectivity index (χ2v) is 6.86. The SMILES string of the molecule is CCN=C1/C(=C\N)C(=O)/C(C=NC)=C(/N)c2ccc(F)cc2COc2cc1cnc2NC. The van der Waals surface area contributed by atoms with Gasteiger partial charge < -0.3 is 21.5 Å². The Kier molecular flexibility index (Phi) is 6.99. The van der Waals surface area contributed by atoms with E-state index in [1.165, 1.54) is 37.7 Å². The Labute approximate surface area is 185 Å². The number of ether oxygens (including phenoxy) is 1. The van der Waals surface area contributed by atoms with Gasteiger partial charge in [-0.1, -0.05) is 0 Å². The minimum atomic E-state index is -0.459. The molecule has 0 unspecified atom stereocenters. The quantitative estimate of drug-likeness (QED) is 0.501. The van der Waals surface area contributed by atoms with Crippen LogP contribution in [0.25, 0.3) is 5.70 Å². The standard InChI is InChI=1S/C23H25FN6O2/c1-4-29-21-13-8-19(23(28-3)30-10-13)32-12-14-7-15(24)5-6-16(14)20(26)18(11-27-2)22(31)17(21)9-25/h5-11H,4,12,25-26H2,1-3H3,(H,28,30)/b17-9+,20-18+,27-11?,29-21?. The van der Waals surface area contributed by atoms with Gasteiger partial charge in [-0.2, -0.15) is 0 Å². The Morgan fingerprint density at radius 2 is 2.12 bits per heavy atom. The predicted molar refractivity (Wildman–Crippen MR) is 124 cm³/mol. The maximum Gasteiger partial charge on any atom is 0.200 e. The number of nitrogens with two attached hydrogens (primary N) is 2. The van der Waals surface area contributed by atoms with Gasteiger partial charge in [-0.05, 0) is 31.2 Å². The van der Waals surface area contributed by atoms with Crippen LogP contribution in [0.2, 0.25) is 0 Å². The molecule has 2 aromatic rings. The lowest BCUT2D eigenvalue weighted by Gasteiger charge is -2.19. The Balaban J connectivity index is 2.37. The molecule has 1 aliphatic rings. The molecule has 166 valence electrons. The van der Waals surface area contributed by atoms with Crippen LogP contribution >= 0.6 is 0 Å². The van der Waals surface area contributed by atoms with Gasteiger partial charge in [0.25, 0.3) is 0 Å². The molecule has 1 aliphatic heterocycles. The Morgan fingerprint density at radius 1 is 1.34 bits per heavy atom. The number of nitrogens with zero attached hydrogens (tertiary/aromatic N) is 3. The molecule has 0 fully saturated rings. The number of Topliss-reactive ketones (excluding diaryl/α,β-unsaturated/α-hetero) is 1. The molecular formula is C23H25FN6O2. The first-order valence-corrected chi connectivity index (χ1v) is 9.98. The van der Waals surface area contributed by atoms with Crippen LogP contribution in [-0.2, 0) is 11.4 Å². The number of aromatic nitrogens is 1. The molecule has 8 nitrogen and oxygen atoms in total. The Morgan fingerprint density at radius 3 is 2.78 bits per heavy atom. The summed E-state index contributed by atoms with van der Waals surface area (Å²) < 4.78 is 20.0. The summed E-state index contributed by atoms with van der Waals surface area (Å²) in [6, 6.07) is 5.81. The lowest BCUT2D eigenvalue weighted by Crippen LogP contribution is -2.22. The number of hydrogen-bond donors (Lipinski definition) is 3. The van der Waals surface area contributed by atoms with E-state index in [0.29, 0.717) is 40.5 Å². The van der Waals surface area contributed by atoms with Crippen LogP contribution in [0.15, 0.2) is 57.8 Å². The van der Waals surface area contributed by atoms with Gasteiger partial charge in [0, 0.05) is 55.9 Å². The van der Waals surface area contributed by atoms with Crippen LogP contribution in [0, 0.1) is 5.82 Å². The number of fused-ring (bicyclic) bond motifs is 3. The van der Waals surface area contributed by atoms with Crippen LogP contribution in [0.1, 0.15) is 23.6 Å². The van der Waals surface area contributed by atoms with Crippen molar-refractivity contribution >= 4 is 29.2 Å². The van der Waals surface area contributed by atoms with Crippen LogP contribution < -0.4 is 21.5 Å². The summed E-state index contributed by atoms with van der Waals surface area (Å²) >= 11 is 0. The number of benzene rings is 1. The van der Waals surface area contributed by atoms with Crippen molar-refractivity contribution in [3.63, 3.8) is 0 Å². The Hall–Kier alpha value is -4.01. The smallest absolute Gasteiger partial charge is 0.200 e. The van der Waals surface area contributed by atoms with Gasteiger partial charge >= 0.3 is 0 Å². The third-order valence-corrected chi connectivity index (χ3v) is 4.88. The third kappa shape index (κ3) is 4.36. The summed E-state index contributed by atoms with van der Waals surface area (Å²) in [6.45, 7) is 2.25. The number of pyridine rings is 1. The average molecular weight is 436 g/mol. The van der Waals surface area contributed by atoms with Crippen LogP contribution in [-0.4, -0.2) is 43.3 Å². The zero-order valence-corrected chi connectivity index (χ0v) is 18.1. The lowest BCUT2D eigenvalue weighted by atomic mass is 9.92. The number of carbonyl (C=O) groups is 1. The fourth-order valence-electron chi connectivity index (χ4n) is 3.39. The third-order valence-electron chi connectivity index (χ3n) is 4.88. The fraction of sp³-hybridized carbons (Fsp3) is 0.217. The second-order valence-electron chi connectivity index (χ2n) is 6.86. The van der Waals surface area contributed by atoms with Crippen molar-refractivity contribution in [3.05, 3.63) is 70.3 Å². The molecule has 3 rings (SSSR count). The first-order chi connectivity index (χ1) is 15.4. The number of halogens is 1. The number of allylic oxidation sites excluding steroid dienone is 2. The molecular weight excluding hydrogens is 411 g/mol. The molecule has 1 aromatic carbocycles. The highest BCUT2D eigenvalue weighted by Gasteiger charge is 2.25. The van der Waals surface area contributed by atoms with E-state index in [-0.39, 0.29) is 23.5 Å². The zero-order valence-electron chi connectivity index (χ0n) is 18.1. The molecule has 5 N–H and O–H groups in total. The molecule has 2 bridgehead atoms. The topological polar surface area (TPSA) is 128 Å². The van der Waals surface area contributed by atoms with Crippen molar-refractivity contribution in [2.75, 3.05) is 26.0 Å². The molecule has 0 radical (unpaired) electrons. The number of hydrogen-bond acceptors (Lipinski definition) is 8. The van der Waals surface area contributed by atoms with E-state index in [4.69, 9.17) is 16.2 Å². The number of ketones is 1. The number of carbonyl (C=O) groups excluding carboxylic acids is 1. The van der Waals surface area contributed by atoms with Crippen molar-refractivity contribution < 1.29 is 13.9 Å². The van der Waals surface area contributed by atoms with E-state index in [9.17, 15) is 9.18 Å². The van der Waals surface area contributed by atoms with E-state index >= 15 is 0 Å². The molecule has 9 heteroatoms. The molecule has 32 heavy (non-hydrogen) atoms. The van der Waals surface area contributed by atoms with Crippen molar-refractivity contribution in [1.82, 2.24) is 4.98 Å². The van der Waals surface area contributed by atoms with Gasteiger partial charge in [0.2, 0.25) is 0 Å². The highest BCUT2D eigenvalue weighted by Crippen LogP contribution is 2.29. The summed E-state index contributed by atoms with van der Waals surface area (Å²) in [5.74, 6) is -0.0263. The lowest BCUT2D eigenvalue weighted by molar-refractivity contribution is -0.111.